The van der Waals surface area contributed by atoms with Gasteiger partial charge in [0.25, 0.3) is 5.56 Å². The molecule has 3 aromatic rings. The fourth-order valence-corrected chi connectivity index (χ4v) is 5.07. The lowest BCUT2D eigenvalue weighted by molar-refractivity contribution is -0.115. The Morgan fingerprint density at radius 2 is 2.00 bits per heavy atom. The van der Waals surface area contributed by atoms with Gasteiger partial charge in [0, 0.05) is 11.1 Å². The van der Waals surface area contributed by atoms with Crippen LogP contribution in [0.25, 0.3) is 10.9 Å². The first-order valence-electron chi connectivity index (χ1n) is 10.3. The predicted octanol–water partition coefficient (Wildman–Crippen LogP) is 5.29. The third-order valence-corrected chi connectivity index (χ3v) is 6.84. The van der Waals surface area contributed by atoms with Crippen molar-refractivity contribution in [3.05, 3.63) is 57.8 Å². The van der Waals surface area contributed by atoms with Gasteiger partial charge in [0.1, 0.15) is 5.75 Å². The van der Waals surface area contributed by atoms with Crippen molar-refractivity contribution in [3.63, 3.8) is 0 Å². The van der Waals surface area contributed by atoms with E-state index in [0.29, 0.717) is 32.5 Å². The first-order chi connectivity index (χ1) is 15.0. The molecule has 1 aromatic heterocycles. The minimum Gasteiger partial charge on any atom is -0.495 e. The quantitative estimate of drug-likeness (QED) is 0.402. The molecular formula is C23H24ClN3O3S. The Hall–Kier alpha value is -2.51. The van der Waals surface area contributed by atoms with Gasteiger partial charge in [-0.2, -0.15) is 0 Å². The van der Waals surface area contributed by atoms with Crippen molar-refractivity contribution in [1.82, 2.24) is 9.55 Å². The number of hydrogen-bond donors (Lipinski definition) is 1. The van der Waals surface area contributed by atoms with Crippen molar-refractivity contribution in [1.29, 1.82) is 0 Å². The van der Waals surface area contributed by atoms with Crippen LogP contribution >= 0.6 is 23.4 Å². The van der Waals surface area contributed by atoms with Crippen molar-refractivity contribution in [3.8, 4) is 5.75 Å². The fraction of sp³-hybridized carbons (Fsp3) is 0.348. The Morgan fingerprint density at radius 3 is 2.74 bits per heavy atom. The molecule has 1 saturated carbocycles. The van der Waals surface area contributed by atoms with Crippen molar-refractivity contribution in [2.75, 3.05) is 12.4 Å². The van der Waals surface area contributed by atoms with Crippen LogP contribution in [0.1, 0.15) is 38.6 Å². The molecule has 1 atom stereocenters. The summed E-state index contributed by atoms with van der Waals surface area (Å²) in [6, 6.07) is 12.5. The molecule has 1 aliphatic rings. The summed E-state index contributed by atoms with van der Waals surface area (Å²) in [5, 5.41) is 4.09. The van der Waals surface area contributed by atoms with Crippen molar-refractivity contribution < 1.29 is 9.53 Å². The van der Waals surface area contributed by atoms with Crippen molar-refractivity contribution >= 4 is 45.9 Å². The SMILES string of the molecule is COc1ccc(Cl)cc1NC(=O)C(C)Sc1nc2ccccc2c(=O)n1C1CCCC1. The number of rotatable bonds is 6. The lowest BCUT2D eigenvalue weighted by atomic mass is 10.2. The van der Waals surface area contributed by atoms with Gasteiger partial charge in [0.15, 0.2) is 5.16 Å². The van der Waals surface area contributed by atoms with Crippen LogP contribution in [0.4, 0.5) is 5.69 Å². The summed E-state index contributed by atoms with van der Waals surface area (Å²) in [7, 11) is 1.54. The van der Waals surface area contributed by atoms with Crippen molar-refractivity contribution in [2.45, 2.75) is 49.1 Å². The first kappa shape index (κ1) is 21.7. The second kappa shape index (κ2) is 9.32. The first-order valence-corrected chi connectivity index (χ1v) is 11.6. The van der Waals surface area contributed by atoms with E-state index < -0.39 is 5.25 Å². The number of amides is 1. The predicted molar refractivity (Wildman–Crippen MR) is 125 cm³/mol. The topological polar surface area (TPSA) is 73.2 Å². The molecule has 8 heteroatoms. The number of nitrogens with zero attached hydrogens (tertiary/aromatic N) is 2. The highest BCUT2D eigenvalue weighted by Gasteiger charge is 2.26. The fourth-order valence-electron chi connectivity index (χ4n) is 3.92. The average molecular weight is 458 g/mol. The zero-order chi connectivity index (χ0) is 22.0. The number of anilines is 1. The van der Waals surface area contributed by atoms with Gasteiger partial charge < -0.3 is 10.1 Å². The van der Waals surface area contributed by atoms with Crippen LogP contribution in [0.3, 0.4) is 0 Å². The van der Waals surface area contributed by atoms with Gasteiger partial charge in [-0.25, -0.2) is 4.98 Å². The minimum absolute atomic E-state index is 0.0379. The molecule has 6 nitrogen and oxygen atoms in total. The maximum atomic E-state index is 13.3. The largest absolute Gasteiger partial charge is 0.495 e. The summed E-state index contributed by atoms with van der Waals surface area (Å²) in [5.74, 6) is 0.313. The molecule has 4 rings (SSSR count). The summed E-state index contributed by atoms with van der Waals surface area (Å²) >= 11 is 7.37. The number of thioether (sulfide) groups is 1. The molecule has 1 N–H and O–H groups in total. The van der Waals surface area contributed by atoms with Crippen LogP contribution in [-0.2, 0) is 4.79 Å². The Labute approximate surface area is 190 Å². The summed E-state index contributed by atoms with van der Waals surface area (Å²) in [4.78, 5) is 31.0. The standard InChI is InChI=1S/C23H24ClN3O3S/c1-14(21(28)25-19-13-15(24)11-12-20(19)30-2)31-23-26-18-10-6-5-9-17(18)22(29)27(23)16-7-3-4-8-16/h5-6,9-14,16H,3-4,7-8H2,1-2H3,(H,25,28). The third kappa shape index (κ3) is 4.57. The number of benzene rings is 2. The van der Waals surface area contributed by atoms with Crippen molar-refractivity contribution in [2.24, 2.45) is 0 Å². The minimum atomic E-state index is -0.482. The van der Waals surface area contributed by atoms with E-state index in [1.807, 2.05) is 24.3 Å². The van der Waals surface area contributed by atoms with Gasteiger partial charge in [-0.1, -0.05) is 48.3 Å². The Bertz CT molecular complexity index is 1170. The van der Waals surface area contributed by atoms with Crippen LogP contribution in [0.5, 0.6) is 5.75 Å². The molecule has 162 valence electrons. The molecule has 0 aliphatic heterocycles. The Kier molecular flexibility index (Phi) is 6.53. The number of ether oxygens (including phenoxy) is 1. The van der Waals surface area contributed by atoms with E-state index in [2.05, 4.69) is 5.32 Å². The van der Waals surface area contributed by atoms with E-state index in [-0.39, 0.29) is 17.5 Å². The maximum Gasteiger partial charge on any atom is 0.262 e. The number of para-hydroxylation sites is 1. The number of halogens is 1. The molecule has 1 unspecified atom stereocenters. The zero-order valence-corrected chi connectivity index (χ0v) is 19.0. The van der Waals surface area contributed by atoms with E-state index in [1.165, 1.54) is 18.9 Å². The monoisotopic (exact) mass is 457 g/mol. The number of aromatic nitrogens is 2. The van der Waals surface area contributed by atoms with Crippen LogP contribution < -0.4 is 15.6 Å². The maximum absolute atomic E-state index is 13.3. The zero-order valence-electron chi connectivity index (χ0n) is 17.4. The normalized spacial score (nSPS) is 15.2. The molecule has 0 saturated heterocycles. The smallest absolute Gasteiger partial charge is 0.262 e. The number of carbonyl (C=O) groups excluding carboxylic acids is 1. The highest BCUT2D eigenvalue weighted by Crippen LogP contribution is 2.34. The molecule has 2 aromatic carbocycles. The summed E-state index contributed by atoms with van der Waals surface area (Å²) < 4.78 is 7.11. The van der Waals surface area contributed by atoms with Crippen LogP contribution in [-0.4, -0.2) is 27.8 Å². The average Bonchev–Trinajstić information content (AvgIpc) is 3.28. The van der Waals surface area contributed by atoms with E-state index >= 15 is 0 Å². The van der Waals surface area contributed by atoms with E-state index in [4.69, 9.17) is 21.3 Å². The number of hydrogen-bond acceptors (Lipinski definition) is 5. The van der Waals surface area contributed by atoms with Gasteiger partial charge in [-0.15, -0.1) is 0 Å². The second-order valence-electron chi connectivity index (χ2n) is 7.62. The molecule has 0 bridgehead atoms. The van der Waals surface area contributed by atoms with Gasteiger partial charge in [0.2, 0.25) is 5.91 Å². The number of methoxy groups -OCH3 is 1. The molecule has 0 radical (unpaired) electrons. The van der Waals surface area contributed by atoms with E-state index in [1.54, 1.807) is 29.7 Å². The Balaban J connectivity index is 1.64. The van der Waals surface area contributed by atoms with Crippen LogP contribution in [0, 0.1) is 0 Å². The number of fused-ring (bicyclic) bond motifs is 1. The summed E-state index contributed by atoms with van der Waals surface area (Å²) in [6.07, 6.45) is 4.10. The molecule has 0 spiro atoms. The summed E-state index contributed by atoms with van der Waals surface area (Å²) in [6.45, 7) is 1.80. The van der Waals surface area contributed by atoms with E-state index in [9.17, 15) is 9.59 Å². The lowest BCUT2D eigenvalue weighted by Crippen LogP contribution is -2.29. The van der Waals surface area contributed by atoms with Gasteiger partial charge in [-0.3, -0.25) is 14.2 Å². The van der Waals surface area contributed by atoms with Gasteiger partial charge in [0.05, 0.1) is 29.0 Å². The Morgan fingerprint density at radius 1 is 1.26 bits per heavy atom. The molecular weight excluding hydrogens is 434 g/mol. The second-order valence-corrected chi connectivity index (χ2v) is 9.36. The van der Waals surface area contributed by atoms with Crippen LogP contribution in [0.2, 0.25) is 5.02 Å². The molecule has 1 amide bonds. The molecule has 1 aliphatic carbocycles. The lowest BCUT2D eigenvalue weighted by Gasteiger charge is -2.20. The highest BCUT2D eigenvalue weighted by molar-refractivity contribution is 8.00. The van der Waals surface area contributed by atoms with Gasteiger partial charge >= 0.3 is 0 Å². The number of carbonyl (C=O) groups is 1. The van der Waals surface area contributed by atoms with E-state index in [0.717, 1.165) is 25.7 Å². The van der Waals surface area contributed by atoms with Crippen LogP contribution in [0.15, 0.2) is 52.4 Å². The number of nitrogens with one attached hydrogen (secondary N) is 1. The third-order valence-electron chi connectivity index (χ3n) is 5.54. The molecule has 1 heterocycles. The molecule has 31 heavy (non-hydrogen) atoms. The highest BCUT2D eigenvalue weighted by atomic mass is 35.5. The summed E-state index contributed by atoms with van der Waals surface area (Å²) in [5.41, 5.74) is 1.12. The molecule has 1 fully saturated rings. The van der Waals surface area contributed by atoms with Gasteiger partial charge in [-0.05, 0) is 50.1 Å².